The van der Waals surface area contributed by atoms with E-state index in [2.05, 4.69) is 19.6 Å². The molecule has 4 heteroatoms. The van der Waals surface area contributed by atoms with E-state index in [4.69, 9.17) is 0 Å². The van der Waals surface area contributed by atoms with Crippen LogP contribution in [-0.2, 0) is 0 Å². The molecular weight excluding hydrogens is 304 g/mol. The Morgan fingerprint density at radius 3 is 2.10 bits per heavy atom. The van der Waals surface area contributed by atoms with Crippen molar-refractivity contribution in [3.05, 3.63) is 0 Å². The van der Waals surface area contributed by atoms with Crippen molar-refractivity contribution in [2.24, 2.45) is 0 Å². The van der Waals surface area contributed by atoms with E-state index in [9.17, 15) is 5.11 Å². The lowest BCUT2D eigenvalue weighted by molar-refractivity contribution is 0.185. The Morgan fingerprint density at radius 2 is 1.45 bits per heavy atom. The molecule has 0 aliphatic heterocycles. The number of hydrogen-bond donors (Lipinski definition) is 2. The van der Waals surface area contributed by atoms with E-state index in [1.165, 1.54) is 57.1 Å². The summed E-state index contributed by atoms with van der Waals surface area (Å²) in [6, 6.07) is 0. The number of rotatable bonds is 16. The van der Waals surface area contributed by atoms with Gasteiger partial charge in [0.2, 0.25) is 0 Å². The molecule has 0 fully saturated rings. The predicted octanol–water partition coefficient (Wildman–Crippen LogP) is 5.27. The summed E-state index contributed by atoms with van der Waals surface area (Å²) < 4.78 is 0. The van der Waals surface area contributed by atoms with E-state index in [-0.39, 0.29) is 6.10 Å². The van der Waals surface area contributed by atoms with Crippen molar-refractivity contribution in [3.8, 4) is 0 Å². The molecular formula is C16H34OS3. The molecule has 1 atom stereocenters. The summed E-state index contributed by atoms with van der Waals surface area (Å²) in [6.45, 7) is 2.26. The predicted molar refractivity (Wildman–Crippen MR) is 102 cm³/mol. The Bertz CT molecular complexity index is 179. The van der Waals surface area contributed by atoms with Crippen LogP contribution in [0.3, 0.4) is 0 Å². The molecule has 1 nitrogen and oxygen atoms in total. The minimum Gasteiger partial charge on any atom is -0.392 e. The van der Waals surface area contributed by atoms with E-state index in [1.807, 2.05) is 23.5 Å². The van der Waals surface area contributed by atoms with Crippen LogP contribution in [0.4, 0.5) is 0 Å². The van der Waals surface area contributed by atoms with Gasteiger partial charge in [-0.1, -0.05) is 58.3 Å². The van der Waals surface area contributed by atoms with Crippen molar-refractivity contribution in [2.45, 2.75) is 70.8 Å². The van der Waals surface area contributed by atoms with Crippen molar-refractivity contribution in [1.29, 1.82) is 0 Å². The van der Waals surface area contributed by atoms with Crippen LogP contribution in [0.5, 0.6) is 0 Å². The van der Waals surface area contributed by atoms with Crippen LogP contribution in [0.1, 0.15) is 64.7 Å². The number of aliphatic hydroxyl groups excluding tert-OH is 1. The number of hydrogen-bond acceptors (Lipinski definition) is 4. The Balaban J connectivity index is 3.10. The van der Waals surface area contributed by atoms with Crippen LogP contribution in [0.2, 0.25) is 0 Å². The Kier molecular flexibility index (Phi) is 19.0. The second-order valence-corrected chi connectivity index (χ2v) is 8.15. The SMILES string of the molecule is CCCCCCCCCC[C@H](O)CSCCSCCS. The summed E-state index contributed by atoms with van der Waals surface area (Å²) in [6.07, 6.45) is 11.7. The third-order valence-corrected chi connectivity index (χ3v) is 6.19. The monoisotopic (exact) mass is 338 g/mol. The molecule has 0 unspecified atom stereocenters. The Labute approximate surface area is 140 Å². The lowest BCUT2D eigenvalue weighted by atomic mass is 10.1. The number of thioether (sulfide) groups is 2. The van der Waals surface area contributed by atoms with Crippen molar-refractivity contribution < 1.29 is 5.11 Å². The Morgan fingerprint density at radius 1 is 0.850 bits per heavy atom. The maximum Gasteiger partial charge on any atom is 0.0630 e. The van der Waals surface area contributed by atoms with Gasteiger partial charge in [0.05, 0.1) is 6.10 Å². The molecule has 0 spiro atoms. The molecule has 0 saturated heterocycles. The van der Waals surface area contributed by atoms with Crippen molar-refractivity contribution in [3.63, 3.8) is 0 Å². The highest BCUT2D eigenvalue weighted by Gasteiger charge is 2.03. The molecule has 0 bridgehead atoms. The summed E-state index contributed by atoms with van der Waals surface area (Å²) >= 11 is 8.04. The largest absolute Gasteiger partial charge is 0.392 e. The van der Waals surface area contributed by atoms with Gasteiger partial charge in [0.1, 0.15) is 0 Å². The number of aliphatic hydroxyl groups is 1. The summed E-state index contributed by atoms with van der Waals surface area (Å²) in [4.78, 5) is 0. The maximum absolute atomic E-state index is 9.88. The average molecular weight is 339 g/mol. The molecule has 0 saturated carbocycles. The van der Waals surface area contributed by atoms with Crippen LogP contribution in [0, 0.1) is 0 Å². The summed E-state index contributed by atoms with van der Waals surface area (Å²) in [7, 11) is 0. The van der Waals surface area contributed by atoms with Crippen LogP contribution in [-0.4, -0.2) is 40.0 Å². The molecule has 0 aromatic carbocycles. The van der Waals surface area contributed by atoms with Crippen LogP contribution < -0.4 is 0 Å². The molecule has 122 valence electrons. The summed E-state index contributed by atoms with van der Waals surface area (Å²) in [5.74, 6) is 5.38. The molecule has 1 N–H and O–H groups in total. The zero-order valence-corrected chi connectivity index (χ0v) is 15.7. The quantitative estimate of drug-likeness (QED) is 0.295. The molecule has 0 aliphatic rings. The second-order valence-electron chi connectivity index (χ2n) is 5.33. The lowest BCUT2D eigenvalue weighted by Gasteiger charge is -2.10. The van der Waals surface area contributed by atoms with Gasteiger partial charge in [-0.05, 0) is 12.2 Å². The van der Waals surface area contributed by atoms with Gasteiger partial charge in [0.25, 0.3) is 0 Å². The highest BCUT2D eigenvalue weighted by atomic mass is 32.2. The van der Waals surface area contributed by atoms with Crippen molar-refractivity contribution in [1.82, 2.24) is 0 Å². The number of thiol groups is 1. The highest BCUT2D eigenvalue weighted by Crippen LogP contribution is 2.14. The highest BCUT2D eigenvalue weighted by molar-refractivity contribution is 8.03. The van der Waals surface area contributed by atoms with Gasteiger partial charge in [-0.15, -0.1) is 0 Å². The standard InChI is InChI=1S/C16H34OS3/c1-2-3-4-5-6-7-8-9-10-16(17)15-20-14-13-19-12-11-18/h16-18H,2-15H2,1H3/t16-/m0/s1. The van der Waals surface area contributed by atoms with E-state index >= 15 is 0 Å². The smallest absolute Gasteiger partial charge is 0.0630 e. The molecule has 0 radical (unpaired) electrons. The summed E-state index contributed by atoms with van der Waals surface area (Å²) in [5, 5.41) is 9.88. The fourth-order valence-electron chi connectivity index (χ4n) is 2.10. The molecule has 20 heavy (non-hydrogen) atoms. The van der Waals surface area contributed by atoms with Gasteiger partial charge in [-0.2, -0.15) is 36.2 Å². The van der Waals surface area contributed by atoms with E-state index in [1.54, 1.807) is 0 Å². The van der Waals surface area contributed by atoms with Crippen molar-refractivity contribution >= 4 is 36.2 Å². The van der Waals surface area contributed by atoms with E-state index < -0.39 is 0 Å². The van der Waals surface area contributed by atoms with E-state index in [0.29, 0.717) is 0 Å². The first-order valence-corrected chi connectivity index (χ1v) is 11.2. The van der Waals surface area contributed by atoms with Crippen molar-refractivity contribution in [2.75, 3.05) is 28.8 Å². The van der Waals surface area contributed by atoms with Gasteiger partial charge in [0.15, 0.2) is 0 Å². The second kappa shape index (κ2) is 18.1. The maximum atomic E-state index is 9.88. The molecule has 0 rings (SSSR count). The summed E-state index contributed by atoms with van der Waals surface area (Å²) in [5.41, 5.74) is 0. The normalized spacial score (nSPS) is 12.8. The zero-order valence-electron chi connectivity index (χ0n) is 13.2. The fraction of sp³-hybridized carbons (Fsp3) is 1.00. The van der Waals surface area contributed by atoms with Gasteiger partial charge in [0, 0.05) is 23.0 Å². The third-order valence-electron chi connectivity index (χ3n) is 3.31. The minimum absolute atomic E-state index is 0.0880. The van der Waals surface area contributed by atoms with Gasteiger partial charge < -0.3 is 5.11 Å². The molecule has 0 heterocycles. The topological polar surface area (TPSA) is 20.2 Å². The van der Waals surface area contributed by atoms with Gasteiger partial charge in [-0.25, -0.2) is 0 Å². The van der Waals surface area contributed by atoms with Gasteiger partial charge >= 0.3 is 0 Å². The molecule has 0 aliphatic carbocycles. The first-order valence-electron chi connectivity index (χ1n) is 8.25. The first kappa shape index (κ1) is 21.0. The van der Waals surface area contributed by atoms with Crippen LogP contribution in [0.25, 0.3) is 0 Å². The zero-order chi connectivity index (χ0) is 14.9. The van der Waals surface area contributed by atoms with E-state index in [0.717, 1.165) is 29.4 Å². The molecule has 0 amide bonds. The Hall–Kier alpha value is 1.01. The fourth-order valence-corrected chi connectivity index (χ4v) is 4.37. The van der Waals surface area contributed by atoms with Gasteiger partial charge in [-0.3, -0.25) is 0 Å². The first-order chi connectivity index (χ1) is 9.81. The lowest BCUT2D eigenvalue weighted by Crippen LogP contribution is -2.10. The third kappa shape index (κ3) is 17.1. The minimum atomic E-state index is -0.0880. The van der Waals surface area contributed by atoms with Crippen LogP contribution in [0.15, 0.2) is 0 Å². The van der Waals surface area contributed by atoms with Crippen LogP contribution >= 0.6 is 36.2 Å². The average Bonchev–Trinajstić information content (AvgIpc) is 2.45. The molecule has 0 aromatic heterocycles. The molecule has 0 aromatic rings. The number of unbranched alkanes of at least 4 members (excludes halogenated alkanes) is 7.